The number of hydrogen-bond acceptors (Lipinski definition) is 2. The maximum absolute atomic E-state index is 13.3. The van der Waals surface area contributed by atoms with Crippen LogP contribution in [0.1, 0.15) is 52.4 Å². The van der Waals surface area contributed by atoms with Gasteiger partial charge in [-0.15, -0.1) is 0 Å². The van der Waals surface area contributed by atoms with Crippen molar-refractivity contribution in [2.45, 2.75) is 58.4 Å². The van der Waals surface area contributed by atoms with Crippen LogP contribution in [0.4, 0.5) is 4.79 Å². The SMILES string of the molecule is CC(C)NC(=O)N1CCN(C(=O)C23CC4CC(CC(C4)C2)C3)CC1. The summed E-state index contributed by atoms with van der Waals surface area (Å²) in [5, 5.41) is 2.95. The summed E-state index contributed by atoms with van der Waals surface area (Å²) >= 11 is 0. The molecule has 0 aromatic carbocycles. The van der Waals surface area contributed by atoms with Gasteiger partial charge in [0.1, 0.15) is 0 Å². The Morgan fingerprint density at radius 2 is 1.33 bits per heavy atom. The van der Waals surface area contributed by atoms with E-state index < -0.39 is 0 Å². The molecule has 5 rings (SSSR count). The number of amides is 3. The fourth-order valence-corrected chi connectivity index (χ4v) is 6.16. The summed E-state index contributed by atoms with van der Waals surface area (Å²) in [5.74, 6) is 2.82. The normalized spacial score (nSPS) is 37.9. The molecule has 134 valence electrons. The van der Waals surface area contributed by atoms with Crippen molar-refractivity contribution in [1.29, 1.82) is 0 Å². The van der Waals surface area contributed by atoms with Crippen molar-refractivity contribution in [2.75, 3.05) is 26.2 Å². The molecule has 0 aromatic heterocycles. The molecule has 4 saturated carbocycles. The first kappa shape index (κ1) is 16.2. The Morgan fingerprint density at radius 3 is 1.79 bits per heavy atom. The summed E-state index contributed by atoms with van der Waals surface area (Å²) in [6.45, 7) is 6.68. The topological polar surface area (TPSA) is 52.7 Å². The lowest BCUT2D eigenvalue weighted by Crippen LogP contribution is -2.59. The molecular weight excluding hydrogens is 302 g/mol. The van der Waals surface area contributed by atoms with Crippen LogP contribution in [0, 0.1) is 23.2 Å². The van der Waals surface area contributed by atoms with Gasteiger partial charge >= 0.3 is 6.03 Å². The van der Waals surface area contributed by atoms with Crippen molar-refractivity contribution < 1.29 is 9.59 Å². The van der Waals surface area contributed by atoms with E-state index in [4.69, 9.17) is 0 Å². The van der Waals surface area contributed by atoms with E-state index in [1.54, 1.807) is 0 Å². The first-order chi connectivity index (χ1) is 11.4. The summed E-state index contributed by atoms with van der Waals surface area (Å²) in [4.78, 5) is 29.3. The third-order valence-corrected chi connectivity index (χ3v) is 6.76. The molecule has 0 spiro atoms. The van der Waals surface area contributed by atoms with Crippen LogP contribution in [-0.2, 0) is 4.79 Å². The van der Waals surface area contributed by atoms with Gasteiger partial charge in [0.05, 0.1) is 5.41 Å². The van der Waals surface area contributed by atoms with Crippen molar-refractivity contribution in [1.82, 2.24) is 15.1 Å². The van der Waals surface area contributed by atoms with Gasteiger partial charge in [-0.1, -0.05) is 0 Å². The van der Waals surface area contributed by atoms with Crippen LogP contribution in [0.15, 0.2) is 0 Å². The monoisotopic (exact) mass is 333 g/mol. The lowest BCUT2D eigenvalue weighted by molar-refractivity contribution is -0.159. The zero-order valence-corrected chi connectivity index (χ0v) is 15.1. The predicted octanol–water partition coefficient (Wildman–Crippen LogP) is 2.46. The van der Waals surface area contributed by atoms with E-state index in [1.807, 2.05) is 18.7 Å². The second kappa shape index (κ2) is 5.92. The second-order valence-corrected chi connectivity index (χ2v) is 9.08. The van der Waals surface area contributed by atoms with Gasteiger partial charge < -0.3 is 15.1 Å². The molecule has 3 amide bonds. The number of carbonyl (C=O) groups excluding carboxylic acids is 2. The maximum atomic E-state index is 13.3. The van der Waals surface area contributed by atoms with Crippen LogP contribution in [0.5, 0.6) is 0 Å². The average Bonchev–Trinajstić information content (AvgIpc) is 2.52. The van der Waals surface area contributed by atoms with E-state index >= 15 is 0 Å². The van der Waals surface area contributed by atoms with Crippen molar-refractivity contribution in [3.8, 4) is 0 Å². The molecule has 4 aliphatic carbocycles. The quantitative estimate of drug-likeness (QED) is 0.844. The van der Waals surface area contributed by atoms with Gasteiger partial charge in [0.15, 0.2) is 0 Å². The molecule has 5 aliphatic rings. The number of urea groups is 1. The van der Waals surface area contributed by atoms with Gasteiger partial charge in [0.2, 0.25) is 5.91 Å². The molecule has 0 aromatic rings. The first-order valence-corrected chi connectivity index (χ1v) is 9.80. The minimum Gasteiger partial charge on any atom is -0.339 e. The Bertz CT molecular complexity index is 487. The van der Waals surface area contributed by atoms with Crippen LogP contribution in [0.2, 0.25) is 0 Å². The molecule has 5 nitrogen and oxygen atoms in total. The molecule has 24 heavy (non-hydrogen) atoms. The Labute approximate surface area is 145 Å². The van der Waals surface area contributed by atoms with E-state index in [9.17, 15) is 9.59 Å². The van der Waals surface area contributed by atoms with Crippen LogP contribution in [0.25, 0.3) is 0 Å². The first-order valence-electron chi connectivity index (χ1n) is 9.80. The van der Waals surface area contributed by atoms with Crippen molar-refractivity contribution in [3.63, 3.8) is 0 Å². The third kappa shape index (κ3) is 2.80. The Balaban J connectivity index is 1.38. The molecular formula is C19H31N3O2. The summed E-state index contributed by atoms with van der Waals surface area (Å²) in [6, 6.07) is 0.163. The smallest absolute Gasteiger partial charge is 0.317 e. The van der Waals surface area contributed by atoms with Gasteiger partial charge in [-0.2, -0.15) is 0 Å². The van der Waals surface area contributed by atoms with E-state index in [-0.39, 0.29) is 17.5 Å². The number of nitrogens with zero attached hydrogens (tertiary/aromatic N) is 2. The molecule has 1 aliphatic heterocycles. The molecule has 0 atom stereocenters. The minimum absolute atomic E-state index is 0.00639. The van der Waals surface area contributed by atoms with E-state index in [0.717, 1.165) is 37.0 Å². The third-order valence-electron chi connectivity index (χ3n) is 6.76. The molecule has 1 heterocycles. The van der Waals surface area contributed by atoms with E-state index in [1.165, 1.54) is 19.3 Å². The molecule has 0 radical (unpaired) electrons. The predicted molar refractivity (Wildman–Crippen MR) is 92.4 cm³/mol. The lowest BCUT2D eigenvalue weighted by Gasteiger charge is -2.57. The number of hydrogen-bond donors (Lipinski definition) is 1. The molecule has 5 heteroatoms. The van der Waals surface area contributed by atoms with Gasteiger partial charge in [0, 0.05) is 32.2 Å². The van der Waals surface area contributed by atoms with Gasteiger partial charge in [-0.25, -0.2) is 4.79 Å². The fourth-order valence-electron chi connectivity index (χ4n) is 6.16. The van der Waals surface area contributed by atoms with Crippen molar-refractivity contribution in [3.05, 3.63) is 0 Å². The highest BCUT2D eigenvalue weighted by molar-refractivity contribution is 5.84. The van der Waals surface area contributed by atoms with Gasteiger partial charge in [-0.05, 0) is 70.1 Å². The number of rotatable bonds is 2. The van der Waals surface area contributed by atoms with Crippen LogP contribution in [0.3, 0.4) is 0 Å². The second-order valence-electron chi connectivity index (χ2n) is 9.08. The Kier molecular flexibility index (Phi) is 4.00. The van der Waals surface area contributed by atoms with Crippen LogP contribution < -0.4 is 5.32 Å². The zero-order valence-electron chi connectivity index (χ0n) is 15.1. The van der Waals surface area contributed by atoms with Crippen LogP contribution >= 0.6 is 0 Å². The van der Waals surface area contributed by atoms with Crippen molar-refractivity contribution in [2.24, 2.45) is 23.2 Å². The van der Waals surface area contributed by atoms with Gasteiger partial charge in [-0.3, -0.25) is 4.79 Å². The summed E-state index contributed by atoms with van der Waals surface area (Å²) < 4.78 is 0. The minimum atomic E-state index is -0.0445. The summed E-state index contributed by atoms with van der Waals surface area (Å²) in [6.07, 6.45) is 7.50. The fraction of sp³-hybridized carbons (Fsp3) is 0.895. The molecule has 1 N–H and O–H groups in total. The largest absolute Gasteiger partial charge is 0.339 e. The van der Waals surface area contributed by atoms with Gasteiger partial charge in [0.25, 0.3) is 0 Å². The number of carbonyl (C=O) groups is 2. The average molecular weight is 333 g/mol. The van der Waals surface area contributed by atoms with Crippen molar-refractivity contribution >= 4 is 11.9 Å². The highest BCUT2D eigenvalue weighted by Crippen LogP contribution is 2.60. The molecule has 4 bridgehead atoms. The molecule has 0 unspecified atom stereocenters. The Hall–Kier alpha value is -1.26. The van der Waals surface area contributed by atoms with E-state index in [2.05, 4.69) is 10.2 Å². The Morgan fingerprint density at radius 1 is 0.875 bits per heavy atom. The number of piperazine rings is 1. The maximum Gasteiger partial charge on any atom is 0.317 e. The summed E-state index contributed by atoms with van der Waals surface area (Å²) in [7, 11) is 0. The number of nitrogens with one attached hydrogen (secondary N) is 1. The summed E-state index contributed by atoms with van der Waals surface area (Å²) in [5.41, 5.74) is -0.0445. The highest BCUT2D eigenvalue weighted by Gasteiger charge is 2.55. The standard InChI is InChI=1S/C19H31N3O2/c1-13(2)20-18(24)22-5-3-21(4-6-22)17(23)19-10-14-7-15(11-19)9-16(8-14)12-19/h13-16H,3-12H2,1-2H3,(H,20,24). The lowest BCUT2D eigenvalue weighted by atomic mass is 9.49. The molecule has 5 fully saturated rings. The zero-order chi connectivity index (χ0) is 16.9. The van der Waals surface area contributed by atoms with Crippen LogP contribution in [-0.4, -0.2) is 54.0 Å². The molecule has 1 saturated heterocycles. The highest BCUT2D eigenvalue weighted by atomic mass is 16.2. The van der Waals surface area contributed by atoms with E-state index in [0.29, 0.717) is 32.1 Å².